The van der Waals surface area contributed by atoms with Crippen molar-refractivity contribution in [1.82, 2.24) is 4.90 Å². The van der Waals surface area contributed by atoms with Crippen LogP contribution >= 0.6 is 11.6 Å². The number of carbonyl (C=O) groups excluding carboxylic acids is 2. The maximum Gasteiger partial charge on any atom is 0.286 e. The van der Waals surface area contributed by atoms with Crippen molar-refractivity contribution in [3.05, 3.63) is 28.3 Å². The normalized spacial score (nSPS) is 9.88. The third-order valence-corrected chi connectivity index (χ3v) is 2.62. The molecule has 0 unspecified atom stereocenters. The van der Waals surface area contributed by atoms with Gasteiger partial charge in [0.1, 0.15) is 5.75 Å². The number of aldehydes is 1. The summed E-state index contributed by atoms with van der Waals surface area (Å²) in [6.07, 6.45) is 0.282. The van der Waals surface area contributed by atoms with Gasteiger partial charge in [0, 0.05) is 24.2 Å². The fraction of sp³-hybridized carbons (Fsp3) is 0.333. The monoisotopic (exact) mass is 255 g/mol. The second-order valence-electron chi connectivity index (χ2n) is 3.73. The third kappa shape index (κ3) is 3.20. The number of amides is 1. The molecular weight excluding hydrogens is 242 g/mol. The molecule has 0 aliphatic rings. The topological polar surface area (TPSA) is 46.6 Å². The highest BCUT2D eigenvalue weighted by Crippen LogP contribution is 2.28. The van der Waals surface area contributed by atoms with Crippen molar-refractivity contribution in [2.75, 3.05) is 14.2 Å². The van der Waals surface area contributed by atoms with Crippen LogP contribution in [0.4, 0.5) is 0 Å². The number of aryl methyl sites for hydroxylation is 1. The highest BCUT2D eigenvalue weighted by Gasteiger charge is 2.13. The fourth-order valence-electron chi connectivity index (χ4n) is 1.63. The fourth-order valence-corrected chi connectivity index (χ4v) is 1.93. The van der Waals surface area contributed by atoms with E-state index in [9.17, 15) is 9.59 Å². The zero-order chi connectivity index (χ0) is 13.0. The molecule has 5 heteroatoms. The van der Waals surface area contributed by atoms with Crippen molar-refractivity contribution >= 4 is 23.8 Å². The summed E-state index contributed by atoms with van der Waals surface area (Å²) in [5.74, 6) is 0.102. The number of carbonyl (C=O) groups is 2. The minimum Gasteiger partial charge on any atom is -0.496 e. The van der Waals surface area contributed by atoms with Gasteiger partial charge in [-0.1, -0.05) is 11.6 Å². The van der Waals surface area contributed by atoms with Crippen LogP contribution in [0.3, 0.4) is 0 Å². The molecular formula is C12H14ClNO3. The van der Waals surface area contributed by atoms with Gasteiger partial charge in [-0.25, -0.2) is 0 Å². The molecule has 0 aliphatic heterocycles. The first-order chi connectivity index (χ1) is 7.99. The summed E-state index contributed by atoms with van der Waals surface area (Å²) in [5, 5.41) is 0.574. The van der Waals surface area contributed by atoms with Crippen molar-refractivity contribution in [1.29, 1.82) is 0 Å². The lowest BCUT2D eigenvalue weighted by Gasteiger charge is -2.18. The molecule has 4 nitrogen and oxygen atoms in total. The Balaban J connectivity index is 3.04. The lowest BCUT2D eigenvalue weighted by atomic mass is 10.1. The van der Waals surface area contributed by atoms with Gasteiger partial charge in [-0.3, -0.25) is 9.59 Å². The number of rotatable bonds is 4. The van der Waals surface area contributed by atoms with Gasteiger partial charge < -0.3 is 9.64 Å². The van der Waals surface area contributed by atoms with Gasteiger partial charge in [0.25, 0.3) is 5.91 Å². The molecule has 1 rings (SSSR count). The first kappa shape index (κ1) is 13.5. The average molecular weight is 256 g/mol. The smallest absolute Gasteiger partial charge is 0.286 e. The zero-order valence-corrected chi connectivity index (χ0v) is 10.7. The Morgan fingerprint density at radius 2 is 2.18 bits per heavy atom. The van der Waals surface area contributed by atoms with E-state index in [4.69, 9.17) is 16.3 Å². The van der Waals surface area contributed by atoms with Crippen molar-refractivity contribution in [2.24, 2.45) is 0 Å². The van der Waals surface area contributed by atoms with Crippen LogP contribution in [0.25, 0.3) is 0 Å². The Kier molecular flexibility index (Phi) is 4.52. The molecule has 0 atom stereocenters. The molecule has 1 aromatic carbocycles. The molecule has 0 N–H and O–H groups in total. The molecule has 0 radical (unpaired) electrons. The van der Waals surface area contributed by atoms with E-state index in [1.807, 2.05) is 6.92 Å². The number of likely N-dealkylation sites (N-methyl/N-ethyl adjacent to an activating group) is 1. The molecule has 17 heavy (non-hydrogen) atoms. The van der Waals surface area contributed by atoms with Gasteiger partial charge in [0.05, 0.1) is 7.11 Å². The molecule has 0 aliphatic carbocycles. The number of halogens is 1. The average Bonchev–Trinajstić information content (AvgIpc) is 2.27. The first-order valence-electron chi connectivity index (χ1n) is 5.03. The predicted octanol–water partition coefficient (Wildman–Crippen LogP) is 1.81. The molecule has 0 bridgehead atoms. The molecule has 1 aromatic rings. The molecule has 0 saturated carbocycles. The lowest BCUT2D eigenvalue weighted by Crippen LogP contribution is -2.27. The van der Waals surface area contributed by atoms with Crippen LogP contribution in [0.1, 0.15) is 11.1 Å². The van der Waals surface area contributed by atoms with Gasteiger partial charge in [-0.15, -0.1) is 0 Å². The molecule has 0 spiro atoms. The van der Waals surface area contributed by atoms with E-state index in [0.29, 0.717) is 10.8 Å². The number of hydrogen-bond donors (Lipinski definition) is 0. The first-order valence-corrected chi connectivity index (χ1v) is 5.40. The van der Waals surface area contributed by atoms with E-state index in [2.05, 4.69) is 0 Å². The molecule has 0 aromatic heterocycles. The second kappa shape index (κ2) is 5.68. The summed E-state index contributed by atoms with van der Waals surface area (Å²) in [5.41, 5.74) is 1.66. The van der Waals surface area contributed by atoms with Crippen LogP contribution in [-0.2, 0) is 16.1 Å². The Labute approximate surface area is 105 Å². The minimum atomic E-state index is -0.579. The van der Waals surface area contributed by atoms with Crippen molar-refractivity contribution in [3.63, 3.8) is 0 Å². The summed E-state index contributed by atoms with van der Waals surface area (Å²) in [7, 11) is 3.10. The van der Waals surface area contributed by atoms with Crippen LogP contribution in [-0.4, -0.2) is 31.3 Å². The predicted molar refractivity (Wildman–Crippen MR) is 65.3 cm³/mol. The SMILES string of the molecule is COc1c(C)cc(Cl)cc1CN(C)C(=O)C=O. The highest BCUT2D eigenvalue weighted by molar-refractivity contribution is 6.30. The number of ether oxygens (including phenoxy) is 1. The van der Waals surface area contributed by atoms with E-state index < -0.39 is 5.91 Å². The quantitative estimate of drug-likeness (QED) is 0.609. The van der Waals surface area contributed by atoms with Crippen molar-refractivity contribution in [3.8, 4) is 5.75 Å². The van der Waals surface area contributed by atoms with E-state index in [-0.39, 0.29) is 12.8 Å². The summed E-state index contributed by atoms with van der Waals surface area (Å²) in [6.45, 7) is 2.15. The molecule has 1 amide bonds. The highest BCUT2D eigenvalue weighted by atomic mass is 35.5. The number of methoxy groups -OCH3 is 1. The van der Waals surface area contributed by atoms with E-state index in [1.54, 1.807) is 26.3 Å². The maximum absolute atomic E-state index is 11.2. The van der Waals surface area contributed by atoms with Crippen LogP contribution < -0.4 is 4.74 Å². The molecule has 0 heterocycles. The van der Waals surface area contributed by atoms with Gasteiger partial charge in [-0.2, -0.15) is 0 Å². The molecule has 0 fully saturated rings. The largest absolute Gasteiger partial charge is 0.496 e. The van der Waals surface area contributed by atoms with E-state index in [0.717, 1.165) is 11.1 Å². The standard InChI is InChI=1S/C12H14ClNO3/c1-8-4-10(13)5-9(12(8)17-3)6-14(2)11(16)7-15/h4-5,7H,6H2,1-3H3. The van der Waals surface area contributed by atoms with Gasteiger partial charge in [-0.05, 0) is 24.6 Å². The number of benzene rings is 1. The van der Waals surface area contributed by atoms with Crippen LogP contribution in [0.5, 0.6) is 5.75 Å². The summed E-state index contributed by atoms with van der Waals surface area (Å²) in [6, 6.07) is 3.51. The zero-order valence-electron chi connectivity index (χ0n) is 9.99. The summed E-state index contributed by atoms with van der Waals surface area (Å²) >= 11 is 5.95. The van der Waals surface area contributed by atoms with Gasteiger partial charge in [0.2, 0.25) is 6.29 Å². The third-order valence-electron chi connectivity index (χ3n) is 2.41. The maximum atomic E-state index is 11.2. The number of hydrogen-bond acceptors (Lipinski definition) is 3. The lowest BCUT2D eigenvalue weighted by molar-refractivity contribution is -0.138. The second-order valence-corrected chi connectivity index (χ2v) is 4.16. The molecule has 92 valence electrons. The van der Waals surface area contributed by atoms with E-state index >= 15 is 0 Å². The number of nitrogens with zero attached hydrogens (tertiary/aromatic N) is 1. The summed E-state index contributed by atoms with van der Waals surface area (Å²) in [4.78, 5) is 22.9. The van der Waals surface area contributed by atoms with Gasteiger partial charge in [0.15, 0.2) is 0 Å². The van der Waals surface area contributed by atoms with Crippen molar-refractivity contribution < 1.29 is 14.3 Å². The Bertz CT molecular complexity index is 446. The summed E-state index contributed by atoms with van der Waals surface area (Å²) < 4.78 is 5.26. The Hall–Kier alpha value is -1.55. The minimum absolute atomic E-state index is 0.280. The van der Waals surface area contributed by atoms with Crippen LogP contribution in [0.15, 0.2) is 12.1 Å². The Morgan fingerprint density at radius 3 is 2.71 bits per heavy atom. The molecule has 0 saturated heterocycles. The van der Waals surface area contributed by atoms with Gasteiger partial charge >= 0.3 is 0 Å². The van der Waals surface area contributed by atoms with Crippen LogP contribution in [0.2, 0.25) is 5.02 Å². The van der Waals surface area contributed by atoms with Crippen molar-refractivity contribution in [2.45, 2.75) is 13.5 Å². The van der Waals surface area contributed by atoms with E-state index in [1.165, 1.54) is 4.90 Å². The van der Waals surface area contributed by atoms with Crippen LogP contribution in [0, 0.1) is 6.92 Å². The Morgan fingerprint density at radius 1 is 1.53 bits per heavy atom.